The monoisotopic (exact) mass is 690 g/mol. The normalized spacial score (nSPS) is 11.1. The van der Waals surface area contributed by atoms with E-state index in [0.717, 1.165) is 0 Å². The highest BCUT2D eigenvalue weighted by Gasteiger charge is 2.23. The van der Waals surface area contributed by atoms with Crippen molar-refractivity contribution in [3.05, 3.63) is 117 Å². The Morgan fingerprint density at radius 1 is 0.283 bits per heavy atom. The van der Waals surface area contributed by atoms with E-state index < -0.39 is 0 Å². The molecule has 6 rings (SSSR count). The molecule has 0 saturated heterocycles. The second kappa shape index (κ2) is 12.2. The average molecular weight is 692 g/mol. The van der Waals surface area contributed by atoms with Crippen LogP contribution in [0.25, 0.3) is 55.6 Å². The number of halogens is 4. The van der Waals surface area contributed by atoms with Crippen molar-refractivity contribution >= 4 is 46.4 Å². The number of aromatic hydroxyl groups is 6. The van der Waals surface area contributed by atoms with E-state index in [4.69, 9.17) is 46.4 Å². The zero-order valence-electron chi connectivity index (χ0n) is 23.4. The predicted molar refractivity (Wildman–Crippen MR) is 184 cm³/mol. The van der Waals surface area contributed by atoms with Crippen LogP contribution in [-0.4, -0.2) is 30.6 Å². The minimum absolute atomic E-state index is 0.166. The molecule has 0 aromatic heterocycles. The van der Waals surface area contributed by atoms with Gasteiger partial charge >= 0.3 is 0 Å². The topological polar surface area (TPSA) is 121 Å². The Bertz CT molecular complexity index is 1880. The van der Waals surface area contributed by atoms with Crippen molar-refractivity contribution in [3.63, 3.8) is 0 Å². The first kappa shape index (κ1) is 31.3. The molecule has 0 bridgehead atoms. The van der Waals surface area contributed by atoms with E-state index in [9.17, 15) is 30.6 Å². The molecule has 0 amide bonds. The number of phenols is 6. The van der Waals surface area contributed by atoms with Gasteiger partial charge in [-0.05, 0) is 108 Å². The van der Waals surface area contributed by atoms with Crippen molar-refractivity contribution < 1.29 is 30.6 Å². The summed E-state index contributed by atoms with van der Waals surface area (Å²) in [6, 6.07) is 23.9. The Kier molecular flexibility index (Phi) is 8.32. The van der Waals surface area contributed by atoms with Crippen LogP contribution in [0, 0.1) is 0 Å². The third kappa shape index (κ3) is 5.84. The molecular weight excluding hydrogens is 670 g/mol. The van der Waals surface area contributed by atoms with E-state index in [1.54, 1.807) is 24.3 Å². The molecule has 6 nitrogen and oxygen atoms in total. The Labute approximate surface area is 283 Å². The van der Waals surface area contributed by atoms with E-state index in [-0.39, 0.29) is 79.0 Å². The second-order valence-electron chi connectivity index (χ2n) is 10.5. The van der Waals surface area contributed by atoms with Gasteiger partial charge in [0.1, 0.15) is 34.5 Å². The minimum Gasteiger partial charge on any atom is -0.507 e. The molecular formula is C36H22Cl4O6. The average Bonchev–Trinajstić information content (AvgIpc) is 3.02. The summed E-state index contributed by atoms with van der Waals surface area (Å²) in [6.45, 7) is 0. The highest BCUT2D eigenvalue weighted by atomic mass is 35.5. The maximum atomic E-state index is 11.6. The van der Waals surface area contributed by atoms with E-state index in [2.05, 4.69) is 0 Å². The maximum Gasteiger partial charge on any atom is 0.131 e. The highest BCUT2D eigenvalue weighted by Crippen LogP contribution is 2.50. The van der Waals surface area contributed by atoms with Crippen molar-refractivity contribution in [3.8, 4) is 90.1 Å². The number of hydrogen-bond donors (Lipinski definition) is 6. The van der Waals surface area contributed by atoms with Gasteiger partial charge in [-0.2, -0.15) is 0 Å². The van der Waals surface area contributed by atoms with Crippen LogP contribution in [0.3, 0.4) is 0 Å². The van der Waals surface area contributed by atoms with E-state index >= 15 is 0 Å². The molecule has 0 atom stereocenters. The van der Waals surface area contributed by atoms with Gasteiger partial charge in [0.25, 0.3) is 0 Å². The molecule has 0 spiro atoms. The fourth-order valence-corrected chi connectivity index (χ4v) is 6.01. The van der Waals surface area contributed by atoms with Crippen molar-refractivity contribution in [2.75, 3.05) is 0 Å². The van der Waals surface area contributed by atoms with E-state index in [1.165, 1.54) is 72.8 Å². The molecule has 10 heteroatoms. The molecule has 6 N–H and O–H groups in total. The Hall–Kier alpha value is -4.72. The lowest BCUT2D eigenvalue weighted by Crippen LogP contribution is -1.92. The Balaban J connectivity index is 1.73. The van der Waals surface area contributed by atoms with Crippen LogP contribution in [0.5, 0.6) is 34.5 Å². The predicted octanol–water partition coefficient (Wildman–Crippen LogP) is 10.9. The van der Waals surface area contributed by atoms with Gasteiger partial charge in [0, 0.05) is 64.6 Å². The lowest BCUT2D eigenvalue weighted by Gasteiger charge is -2.19. The highest BCUT2D eigenvalue weighted by molar-refractivity contribution is 6.32. The summed E-state index contributed by atoms with van der Waals surface area (Å²) in [6.07, 6.45) is 0. The molecule has 6 aromatic carbocycles. The molecule has 0 aliphatic rings. The molecule has 0 unspecified atom stereocenters. The smallest absolute Gasteiger partial charge is 0.131 e. The number of rotatable bonds is 5. The molecule has 0 aliphatic heterocycles. The van der Waals surface area contributed by atoms with Crippen LogP contribution in [0.4, 0.5) is 0 Å². The third-order valence-electron chi connectivity index (χ3n) is 7.55. The van der Waals surface area contributed by atoms with Crippen molar-refractivity contribution in [1.29, 1.82) is 0 Å². The van der Waals surface area contributed by atoms with Gasteiger partial charge in [-0.15, -0.1) is 0 Å². The Morgan fingerprint density at radius 3 is 0.717 bits per heavy atom. The van der Waals surface area contributed by atoms with Crippen LogP contribution in [0.2, 0.25) is 20.1 Å². The van der Waals surface area contributed by atoms with E-state index in [0.29, 0.717) is 31.2 Å². The summed E-state index contributed by atoms with van der Waals surface area (Å²) < 4.78 is 0. The number of benzene rings is 6. The van der Waals surface area contributed by atoms with Gasteiger partial charge in [-0.3, -0.25) is 0 Å². The quantitative estimate of drug-likeness (QED) is 0.107. The first-order valence-electron chi connectivity index (χ1n) is 13.6. The van der Waals surface area contributed by atoms with Crippen LogP contribution in [0.15, 0.2) is 97.1 Å². The zero-order chi connectivity index (χ0) is 32.9. The van der Waals surface area contributed by atoms with Gasteiger partial charge in [0.15, 0.2) is 0 Å². The lowest BCUT2D eigenvalue weighted by atomic mass is 9.88. The molecule has 0 radical (unpaired) electrons. The van der Waals surface area contributed by atoms with E-state index in [1.807, 2.05) is 0 Å². The molecule has 6 aromatic rings. The van der Waals surface area contributed by atoms with Crippen LogP contribution in [-0.2, 0) is 0 Å². The molecule has 0 saturated carbocycles. The van der Waals surface area contributed by atoms with Gasteiger partial charge in [0.2, 0.25) is 0 Å². The van der Waals surface area contributed by atoms with Gasteiger partial charge in [-0.1, -0.05) is 46.4 Å². The zero-order valence-corrected chi connectivity index (χ0v) is 26.5. The standard InChI is InChI=1S/C36H22Cl4O6/c37-19-1-5-31(41)23(13-19)27-9-17(10-28(35(27)45)24-14-20(38)2-6-32(24)42)18-11-29(25-15-21(39)3-7-33(25)43)36(46)30(12-18)26-16-22(40)4-8-34(26)44/h1-16,41-46H. The summed E-state index contributed by atoms with van der Waals surface area (Å²) in [5.74, 6) is -1.23. The number of phenolic OH excluding ortho intramolecular Hbond substituents is 6. The fourth-order valence-electron chi connectivity index (χ4n) is 5.32. The van der Waals surface area contributed by atoms with Crippen molar-refractivity contribution in [2.24, 2.45) is 0 Å². The second-order valence-corrected chi connectivity index (χ2v) is 12.2. The molecule has 0 heterocycles. The van der Waals surface area contributed by atoms with Crippen LogP contribution in [0.1, 0.15) is 0 Å². The molecule has 0 fully saturated rings. The van der Waals surface area contributed by atoms with Crippen molar-refractivity contribution in [2.45, 2.75) is 0 Å². The minimum atomic E-state index is -0.280. The SMILES string of the molecule is Oc1ccc(Cl)cc1-c1cc(-c2cc(-c3cc(Cl)ccc3O)c(O)c(-c3cc(Cl)ccc3O)c2)cc(-c2cc(Cl)ccc2O)c1O. The summed E-state index contributed by atoms with van der Waals surface area (Å²) in [4.78, 5) is 0. The van der Waals surface area contributed by atoms with Gasteiger partial charge in [0.05, 0.1) is 0 Å². The number of hydrogen-bond acceptors (Lipinski definition) is 6. The largest absolute Gasteiger partial charge is 0.507 e. The summed E-state index contributed by atoms with van der Waals surface area (Å²) in [5, 5.41) is 67.6. The van der Waals surface area contributed by atoms with Gasteiger partial charge < -0.3 is 30.6 Å². The summed E-state index contributed by atoms with van der Waals surface area (Å²) in [5.41, 5.74) is 2.35. The third-order valence-corrected chi connectivity index (χ3v) is 8.49. The van der Waals surface area contributed by atoms with Crippen LogP contribution < -0.4 is 0 Å². The molecule has 0 aliphatic carbocycles. The lowest BCUT2D eigenvalue weighted by molar-refractivity contribution is 0.467. The fraction of sp³-hybridized carbons (Fsp3) is 0. The summed E-state index contributed by atoms with van der Waals surface area (Å²) in [7, 11) is 0. The molecule has 46 heavy (non-hydrogen) atoms. The summed E-state index contributed by atoms with van der Waals surface area (Å²) >= 11 is 25.1. The first-order valence-corrected chi connectivity index (χ1v) is 15.1. The van der Waals surface area contributed by atoms with Crippen molar-refractivity contribution in [1.82, 2.24) is 0 Å². The van der Waals surface area contributed by atoms with Crippen LogP contribution >= 0.6 is 46.4 Å². The molecule has 230 valence electrons. The van der Waals surface area contributed by atoms with Gasteiger partial charge in [-0.25, -0.2) is 0 Å². The maximum absolute atomic E-state index is 11.6. The first-order chi connectivity index (χ1) is 21.9. The Morgan fingerprint density at radius 2 is 0.500 bits per heavy atom.